The number of allylic oxidation sites excluding steroid dienone is 2. The second-order valence-corrected chi connectivity index (χ2v) is 14.3. The number of ketones is 1. The molecule has 257 valence electrons. The van der Waals surface area contributed by atoms with Crippen molar-refractivity contribution < 1.29 is 34.4 Å². The van der Waals surface area contributed by atoms with Crippen LogP contribution in [0.15, 0.2) is 77.0 Å². The van der Waals surface area contributed by atoms with E-state index in [-0.39, 0.29) is 48.9 Å². The van der Waals surface area contributed by atoms with Crippen LogP contribution >= 0.6 is 0 Å². The third-order valence-corrected chi connectivity index (χ3v) is 10.2. The minimum atomic E-state index is -0.0262. The first-order valence-electron chi connectivity index (χ1n) is 17.8. The summed E-state index contributed by atoms with van der Waals surface area (Å²) in [6, 6.07) is 23.3. The van der Waals surface area contributed by atoms with Crippen LogP contribution in [0, 0.1) is 17.9 Å². The van der Waals surface area contributed by atoms with Gasteiger partial charge in [0.05, 0.1) is 11.3 Å². The third-order valence-electron chi connectivity index (χ3n) is 10.2. The Kier molecular flexibility index (Phi) is 12.8. The maximum Gasteiger partial charge on any atom is 0.162 e. The number of para-hydroxylation sites is 1. The summed E-state index contributed by atoms with van der Waals surface area (Å²) < 4.78 is 6.39. The normalized spacial score (nSPS) is 14.1. The van der Waals surface area contributed by atoms with Gasteiger partial charge in [-0.2, -0.15) is 0 Å². The van der Waals surface area contributed by atoms with E-state index in [0.717, 1.165) is 58.9 Å². The molecule has 5 heteroatoms. The first-order valence-corrected chi connectivity index (χ1v) is 17.8. The molecule has 0 saturated heterocycles. The Bertz CT molecular complexity index is 1860. The summed E-state index contributed by atoms with van der Waals surface area (Å²) in [6.07, 6.45) is 12.2. The molecule has 48 heavy (non-hydrogen) atoms. The van der Waals surface area contributed by atoms with Crippen molar-refractivity contribution in [2.24, 2.45) is 11.8 Å². The Morgan fingerprint density at radius 3 is 2.23 bits per heavy atom. The van der Waals surface area contributed by atoms with Crippen molar-refractivity contribution in [2.75, 3.05) is 0 Å². The van der Waals surface area contributed by atoms with Crippen LogP contribution in [0.3, 0.4) is 0 Å². The number of hydrogen-bond acceptors (Lipinski definition) is 4. The van der Waals surface area contributed by atoms with Crippen molar-refractivity contribution in [3.05, 3.63) is 89.8 Å². The van der Waals surface area contributed by atoms with Crippen molar-refractivity contribution in [1.82, 2.24) is 4.98 Å². The molecule has 0 aliphatic heterocycles. The number of pyridine rings is 1. The topological polar surface area (TPSA) is 63.3 Å². The van der Waals surface area contributed by atoms with Gasteiger partial charge in [-0.3, -0.25) is 4.79 Å². The summed E-state index contributed by atoms with van der Waals surface area (Å²) in [4.78, 5) is 16.6. The van der Waals surface area contributed by atoms with Crippen molar-refractivity contribution in [3.63, 3.8) is 0 Å². The second kappa shape index (κ2) is 16.4. The molecule has 0 unspecified atom stereocenters. The molecule has 4 nitrogen and oxygen atoms in total. The Labute approximate surface area is 300 Å². The third kappa shape index (κ3) is 8.12. The number of hydrogen-bond donors (Lipinski definition) is 1. The number of nitrogens with zero attached hydrogens (tertiary/aromatic N) is 1. The number of carbonyl (C=O) groups is 1. The van der Waals surface area contributed by atoms with Crippen molar-refractivity contribution in [1.29, 1.82) is 0 Å². The smallest absolute Gasteiger partial charge is 0.162 e. The maximum atomic E-state index is 11.7. The van der Waals surface area contributed by atoms with Gasteiger partial charge in [0.15, 0.2) is 5.78 Å². The molecule has 1 aliphatic carbocycles. The molecule has 6 rings (SSSR count). The van der Waals surface area contributed by atoms with Crippen LogP contribution in [0.2, 0.25) is 0 Å². The van der Waals surface area contributed by atoms with Gasteiger partial charge in [-0.05, 0) is 84.0 Å². The monoisotopic (exact) mass is 823 g/mol. The van der Waals surface area contributed by atoms with Gasteiger partial charge in [-0.15, -0.1) is 17.7 Å². The Balaban J connectivity index is 0.000000279. The SMILES string of the molecule is CC(C)(C)c1[c-]c(-c2nccc3cc(C4CCCC4)ccc23)c2oc3ccccc3c2c1.CCC(CC)C(=O)/C=C(\O)C(CC)CC.[Ir]. The van der Waals surface area contributed by atoms with Crippen LogP contribution in [0.1, 0.15) is 117 Å². The van der Waals surface area contributed by atoms with Gasteiger partial charge in [0, 0.05) is 49.6 Å². The molecule has 1 aliphatic rings. The maximum absolute atomic E-state index is 11.7. The average Bonchev–Trinajstić information content (AvgIpc) is 3.74. The second-order valence-electron chi connectivity index (χ2n) is 14.3. The summed E-state index contributed by atoms with van der Waals surface area (Å²) >= 11 is 0. The van der Waals surface area contributed by atoms with E-state index < -0.39 is 0 Å². The summed E-state index contributed by atoms with van der Waals surface area (Å²) in [5.74, 6) is 1.25. The molecule has 1 N–H and O–H groups in total. The number of aliphatic hydroxyl groups excluding tert-OH is 1. The van der Waals surface area contributed by atoms with Gasteiger partial charge in [-0.25, -0.2) is 0 Å². The van der Waals surface area contributed by atoms with E-state index in [1.54, 1.807) is 0 Å². The molecule has 1 radical (unpaired) electrons. The van der Waals surface area contributed by atoms with Crippen LogP contribution in [-0.4, -0.2) is 15.9 Å². The van der Waals surface area contributed by atoms with Crippen molar-refractivity contribution >= 4 is 38.5 Å². The summed E-state index contributed by atoms with van der Waals surface area (Å²) in [6.45, 7) is 14.8. The molecule has 1 saturated carbocycles. The molecule has 0 atom stereocenters. The van der Waals surface area contributed by atoms with E-state index in [2.05, 4.69) is 69.3 Å². The minimum absolute atomic E-state index is 0. The van der Waals surface area contributed by atoms with Gasteiger partial charge in [0.25, 0.3) is 0 Å². The van der Waals surface area contributed by atoms with E-state index in [1.165, 1.54) is 53.7 Å². The molecule has 3 aromatic carbocycles. The molecule has 5 aromatic rings. The quantitative estimate of drug-likeness (QED) is 0.0914. The predicted molar refractivity (Wildman–Crippen MR) is 197 cm³/mol. The van der Waals surface area contributed by atoms with Crippen LogP contribution in [0.5, 0.6) is 0 Å². The van der Waals surface area contributed by atoms with E-state index in [9.17, 15) is 9.90 Å². The number of benzene rings is 3. The molecule has 2 aromatic heterocycles. The van der Waals surface area contributed by atoms with Gasteiger partial charge in [0.2, 0.25) is 0 Å². The van der Waals surface area contributed by atoms with E-state index in [0.29, 0.717) is 5.92 Å². The molecule has 0 spiro atoms. The Morgan fingerprint density at radius 2 is 1.58 bits per heavy atom. The first-order chi connectivity index (χ1) is 22.6. The van der Waals surface area contributed by atoms with Crippen LogP contribution < -0.4 is 0 Å². The fourth-order valence-corrected chi connectivity index (χ4v) is 7.03. The largest absolute Gasteiger partial charge is 0.512 e. The Morgan fingerprint density at radius 1 is 0.917 bits per heavy atom. The van der Waals surface area contributed by atoms with Crippen molar-refractivity contribution in [3.8, 4) is 11.3 Å². The number of fused-ring (bicyclic) bond motifs is 4. The number of aromatic nitrogens is 1. The summed E-state index contributed by atoms with van der Waals surface area (Å²) in [5, 5.41) is 14.5. The number of rotatable bonds is 9. The van der Waals surface area contributed by atoms with Gasteiger partial charge < -0.3 is 14.5 Å². The van der Waals surface area contributed by atoms with Gasteiger partial charge in [0.1, 0.15) is 5.58 Å². The number of furan rings is 1. The van der Waals surface area contributed by atoms with E-state index in [4.69, 9.17) is 9.40 Å². The number of carbonyl (C=O) groups excluding carboxylic acids is 1. The molecule has 0 amide bonds. The van der Waals surface area contributed by atoms with E-state index in [1.807, 2.05) is 46.0 Å². The van der Waals surface area contributed by atoms with E-state index >= 15 is 0 Å². The van der Waals surface area contributed by atoms with Gasteiger partial charge in [-0.1, -0.05) is 109 Å². The Hall–Kier alpha value is -3.27. The predicted octanol–water partition coefficient (Wildman–Crippen LogP) is 12.4. The standard InChI is InChI=1S/C30H28NO.C13H24O2.Ir/c1-30(2,3)22-17-25-24-10-6-7-11-27(24)32-29(25)26(18-22)28-23-13-12-20(19-8-4-5-9-19)16-21(23)14-15-31-28;1-5-10(6-2)12(14)9-13(15)11(7-3)8-4;/h6-7,10-17,19H,4-5,8-9H2,1-3H3;9-11,14H,5-8H2,1-4H3;/q-1;;/b;12-9-;. The zero-order chi connectivity index (χ0) is 33.7. The van der Waals surface area contributed by atoms with Crippen molar-refractivity contribution in [2.45, 2.75) is 111 Å². The fraction of sp³-hybridized carbons (Fsp3) is 0.442. The molecule has 0 bridgehead atoms. The van der Waals surface area contributed by atoms with Crippen LogP contribution in [-0.2, 0) is 30.3 Å². The molecular formula is C43H52IrNO3-. The van der Waals surface area contributed by atoms with Crippen LogP contribution in [0.4, 0.5) is 0 Å². The first kappa shape index (κ1) is 37.5. The number of aliphatic hydroxyl groups is 1. The van der Waals surface area contributed by atoms with Crippen LogP contribution in [0.25, 0.3) is 44.0 Å². The summed E-state index contributed by atoms with van der Waals surface area (Å²) in [5.41, 5.74) is 6.31. The molecular weight excluding hydrogens is 771 g/mol. The summed E-state index contributed by atoms with van der Waals surface area (Å²) in [7, 11) is 0. The zero-order valence-corrected chi connectivity index (χ0v) is 32.2. The molecule has 2 heterocycles. The minimum Gasteiger partial charge on any atom is -0.512 e. The molecule has 1 fully saturated rings. The fourth-order valence-electron chi connectivity index (χ4n) is 7.03. The van der Waals surface area contributed by atoms with Gasteiger partial charge >= 0.3 is 0 Å². The zero-order valence-electron chi connectivity index (χ0n) is 29.8. The average molecular weight is 823 g/mol.